The molecule has 0 bridgehead atoms. The second kappa shape index (κ2) is 9.43. The van der Waals surface area contributed by atoms with Crippen molar-refractivity contribution in [3.8, 4) is 0 Å². The number of likely N-dealkylation sites (tertiary alicyclic amines) is 1. The average molecular weight is 440 g/mol. The molecule has 1 aromatic carbocycles. The summed E-state index contributed by atoms with van der Waals surface area (Å²) in [6, 6.07) is 4.95. The fourth-order valence-corrected chi connectivity index (χ4v) is 5.13. The number of nitrogens with zero attached hydrogens (tertiary/aromatic N) is 2. The highest BCUT2D eigenvalue weighted by Gasteiger charge is 2.40. The largest absolute Gasteiger partial charge is 0.353 e. The lowest BCUT2D eigenvalue weighted by molar-refractivity contribution is -0.122. The van der Waals surface area contributed by atoms with Crippen LogP contribution in [0.2, 0.25) is 0 Å². The van der Waals surface area contributed by atoms with Gasteiger partial charge in [-0.1, -0.05) is 33.1 Å². The summed E-state index contributed by atoms with van der Waals surface area (Å²) >= 11 is 0. The molecular weight excluding hydrogens is 406 g/mol. The Morgan fingerprint density at radius 2 is 1.62 bits per heavy atom. The normalized spacial score (nSPS) is 20.1. The third kappa shape index (κ3) is 4.57. The van der Waals surface area contributed by atoms with E-state index in [9.17, 15) is 19.2 Å². The van der Waals surface area contributed by atoms with Crippen LogP contribution in [0.5, 0.6) is 0 Å². The second-order valence-electron chi connectivity index (χ2n) is 9.76. The molecule has 7 nitrogen and oxygen atoms in total. The zero-order valence-electron chi connectivity index (χ0n) is 19.1. The molecule has 172 valence electrons. The van der Waals surface area contributed by atoms with Crippen molar-refractivity contribution in [3.05, 3.63) is 34.9 Å². The first-order chi connectivity index (χ1) is 15.3. The molecule has 0 atom stereocenters. The van der Waals surface area contributed by atoms with Gasteiger partial charge in [-0.15, -0.1) is 0 Å². The van der Waals surface area contributed by atoms with Crippen LogP contribution in [0, 0.1) is 5.92 Å². The number of benzene rings is 1. The number of fused-ring (bicyclic) bond motifs is 1. The molecule has 0 aromatic heterocycles. The molecule has 1 saturated heterocycles. The van der Waals surface area contributed by atoms with E-state index in [0.717, 1.165) is 32.1 Å². The first-order valence-corrected chi connectivity index (χ1v) is 12.0. The van der Waals surface area contributed by atoms with Gasteiger partial charge >= 0.3 is 0 Å². The zero-order chi connectivity index (χ0) is 22.8. The smallest absolute Gasteiger partial charge is 0.261 e. The molecule has 7 heteroatoms. The van der Waals surface area contributed by atoms with Gasteiger partial charge in [0, 0.05) is 37.2 Å². The lowest BCUT2D eigenvalue weighted by atomic mass is 9.94. The topological polar surface area (TPSA) is 86.8 Å². The number of piperidine rings is 1. The summed E-state index contributed by atoms with van der Waals surface area (Å²) in [5, 5.41) is 3.07. The molecule has 2 aliphatic heterocycles. The summed E-state index contributed by atoms with van der Waals surface area (Å²) in [4.78, 5) is 54.1. The minimum atomic E-state index is -0.266. The predicted octanol–water partition coefficient (Wildman–Crippen LogP) is 3.38. The summed E-state index contributed by atoms with van der Waals surface area (Å²) in [7, 11) is 0. The number of carbonyl (C=O) groups excluding carboxylic acids is 4. The molecule has 1 aromatic rings. The van der Waals surface area contributed by atoms with Crippen molar-refractivity contribution >= 4 is 23.6 Å². The number of amides is 4. The predicted molar refractivity (Wildman–Crippen MR) is 120 cm³/mol. The van der Waals surface area contributed by atoms with Gasteiger partial charge in [0.1, 0.15) is 0 Å². The molecule has 2 heterocycles. The summed E-state index contributed by atoms with van der Waals surface area (Å²) in [6.45, 7) is 5.15. The first kappa shape index (κ1) is 22.5. The molecule has 32 heavy (non-hydrogen) atoms. The van der Waals surface area contributed by atoms with E-state index in [4.69, 9.17) is 0 Å². The van der Waals surface area contributed by atoms with Crippen molar-refractivity contribution in [2.45, 2.75) is 77.3 Å². The lowest BCUT2D eigenvalue weighted by Crippen LogP contribution is -2.46. The summed E-state index contributed by atoms with van der Waals surface area (Å²) in [5.41, 5.74) is 1.20. The number of carbonyl (C=O) groups is 4. The van der Waals surface area contributed by atoms with Crippen molar-refractivity contribution < 1.29 is 19.2 Å². The van der Waals surface area contributed by atoms with Crippen LogP contribution in [0.15, 0.2) is 18.2 Å². The molecular formula is C25H33N3O4. The maximum atomic E-state index is 13.1. The number of nitrogens with one attached hydrogen (secondary N) is 1. The fourth-order valence-electron chi connectivity index (χ4n) is 5.13. The van der Waals surface area contributed by atoms with Crippen LogP contribution in [-0.2, 0) is 4.79 Å². The lowest BCUT2D eigenvalue weighted by Gasteiger charge is -2.32. The van der Waals surface area contributed by atoms with Crippen LogP contribution in [0.1, 0.15) is 96.3 Å². The van der Waals surface area contributed by atoms with Crippen molar-refractivity contribution in [3.63, 3.8) is 0 Å². The van der Waals surface area contributed by atoms with Crippen molar-refractivity contribution in [1.82, 2.24) is 15.1 Å². The molecule has 0 unspecified atom stereocenters. The number of hydrogen-bond donors (Lipinski definition) is 1. The van der Waals surface area contributed by atoms with Gasteiger partial charge in [0.15, 0.2) is 0 Å². The Morgan fingerprint density at radius 1 is 0.969 bits per heavy atom. The van der Waals surface area contributed by atoms with Gasteiger partial charge in [0.05, 0.1) is 11.1 Å². The Labute approximate surface area is 189 Å². The third-order valence-electron chi connectivity index (χ3n) is 6.85. The van der Waals surface area contributed by atoms with Gasteiger partial charge in [-0.05, 0) is 49.8 Å². The van der Waals surface area contributed by atoms with E-state index < -0.39 is 0 Å². The van der Waals surface area contributed by atoms with Crippen LogP contribution in [0.25, 0.3) is 0 Å². The van der Waals surface area contributed by atoms with E-state index in [-0.39, 0.29) is 35.7 Å². The van der Waals surface area contributed by atoms with Crippen LogP contribution in [-0.4, -0.2) is 58.6 Å². The van der Waals surface area contributed by atoms with Crippen LogP contribution in [0.3, 0.4) is 0 Å². The van der Waals surface area contributed by atoms with Gasteiger partial charge in [-0.2, -0.15) is 0 Å². The third-order valence-corrected chi connectivity index (χ3v) is 6.85. The van der Waals surface area contributed by atoms with Gasteiger partial charge < -0.3 is 10.2 Å². The molecule has 1 aliphatic carbocycles. The van der Waals surface area contributed by atoms with E-state index in [1.54, 1.807) is 23.1 Å². The van der Waals surface area contributed by atoms with E-state index >= 15 is 0 Å². The highest BCUT2D eigenvalue weighted by molar-refractivity contribution is 6.22. The SMILES string of the molecule is CC(C)CC(=O)NC1CCN(C(=O)c2ccc3c(c2)C(=O)N(C2CCCCC2)C3=O)CC1. The molecule has 0 radical (unpaired) electrons. The van der Waals surface area contributed by atoms with Crippen molar-refractivity contribution in [2.75, 3.05) is 13.1 Å². The average Bonchev–Trinajstić information content (AvgIpc) is 3.03. The molecule has 3 aliphatic rings. The molecule has 1 N–H and O–H groups in total. The Balaban J connectivity index is 1.39. The highest BCUT2D eigenvalue weighted by atomic mass is 16.2. The molecule has 4 amide bonds. The van der Waals surface area contributed by atoms with E-state index in [2.05, 4.69) is 5.32 Å². The summed E-state index contributed by atoms with van der Waals surface area (Å²) in [5.74, 6) is -0.239. The highest BCUT2D eigenvalue weighted by Crippen LogP contribution is 2.31. The number of hydrogen-bond acceptors (Lipinski definition) is 4. The Kier molecular flexibility index (Phi) is 6.63. The minimum absolute atomic E-state index is 0.0276. The molecule has 2 fully saturated rings. The van der Waals surface area contributed by atoms with Crippen LogP contribution in [0.4, 0.5) is 0 Å². The standard InChI is InChI=1S/C25H33N3O4/c1-16(2)14-22(29)26-18-10-12-27(13-11-18)23(30)17-8-9-20-21(15-17)25(32)28(24(20)31)19-6-4-3-5-7-19/h8-9,15-16,18-19H,3-7,10-14H2,1-2H3,(H,26,29). The fraction of sp³-hybridized carbons (Fsp3) is 0.600. The summed E-state index contributed by atoms with van der Waals surface area (Å²) < 4.78 is 0. The van der Waals surface area contributed by atoms with Gasteiger partial charge in [-0.3, -0.25) is 24.1 Å². The van der Waals surface area contributed by atoms with Gasteiger partial charge in [-0.25, -0.2) is 0 Å². The Hall–Kier alpha value is -2.70. The van der Waals surface area contributed by atoms with Crippen LogP contribution < -0.4 is 5.32 Å². The summed E-state index contributed by atoms with van der Waals surface area (Å²) in [6.07, 6.45) is 6.89. The Bertz CT molecular complexity index is 912. The minimum Gasteiger partial charge on any atom is -0.353 e. The number of imide groups is 1. The second-order valence-corrected chi connectivity index (χ2v) is 9.76. The van der Waals surface area contributed by atoms with E-state index in [1.807, 2.05) is 13.8 Å². The van der Waals surface area contributed by atoms with E-state index in [0.29, 0.717) is 55.0 Å². The van der Waals surface area contributed by atoms with Crippen molar-refractivity contribution in [1.29, 1.82) is 0 Å². The van der Waals surface area contributed by atoms with E-state index in [1.165, 1.54) is 4.90 Å². The molecule has 0 spiro atoms. The van der Waals surface area contributed by atoms with Gasteiger partial charge in [0.2, 0.25) is 5.91 Å². The van der Waals surface area contributed by atoms with Gasteiger partial charge in [0.25, 0.3) is 17.7 Å². The maximum Gasteiger partial charge on any atom is 0.261 e. The quantitative estimate of drug-likeness (QED) is 0.713. The number of rotatable bonds is 5. The molecule has 1 saturated carbocycles. The van der Waals surface area contributed by atoms with Crippen molar-refractivity contribution in [2.24, 2.45) is 5.92 Å². The molecule has 4 rings (SSSR count). The van der Waals surface area contributed by atoms with Crippen LogP contribution >= 0.6 is 0 Å². The first-order valence-electron chi connectivity index (χ1n) is 12.0. The zero-order valence-corrected chi connectivity index (χ0v) is 19.1. The maximum absolute atomic E-state index is 13.1. The Morgan fingerprint density at radius 3 is 2.28 bits per heavy atom. The monoisotopic (exact) mass is 439 g/mol.